The molecule has 16 heavy (non-hydrogen) atoms. The second kappa shape index (κ2) is 4.66. The first-order valence-corrected chi connectivity index (χ1v) is 5.09. The lowest BCUT2D eigenvalue weighted by molar-refractivity contribution is 0.548. The Labute approximate surface area is 95.0 Å². The first-order valence-electron chi connectivity index (χ1n) is 5.09. The highest BCUT2D eigenvalue weighted by molar-refractivity contribution is 5.68. The van der Waals surface area contributed by atoms with Crippen LogP contribution in [0.5, 0.6) is 0 Å². The van der Waals surface area contributed by atoms with Crippen molar-refractivity contribution in [2.45, 2.75) is 0 Å². The molecule has 3 nitrogen and oxygen atoms in total. The van der Waals surface area contributed by atoms with Gasteiger partial charge in [-0.25, -0.2) is 4.98 Å². The van der Waals surface area contributed by atoms with Crippen LogP contribution >= 0.6 is 0 Å². The highest BCUT2D eigenvalue weighted by Gasteiger charge is 1.94. The van der Waals surface area contributed by atoms with E-state index >= 15 is 0 Å². The third kappa shape index (κ3) is 2.51. The molecule has 0 saturated heterocycles. The molecule has 0 bridgehead atoms. The molecule has 0 saturated carbocycles. The number of aromatic nitrogens is 1. The Bertz CT molecular complexity index is 455. The van der Waals surface area contributed by atoms with Crippen molar-refractivity contribution in [1.82, 2.24) is 4.98 Å². The van der Waals surface area contributed by atoms with Gasteiger partial charge in [-0.3, -0.25) is 0 Å². The van der Waals surface area contributed by atoms with Crippen LogP contribution in [0.15, 0.2) is 41.3 Å². The average Bonchev–Trinajstić information content (AvgIpc) is 2.80. The summed E-state index contributed by atoms with van der Waals surface area (Å²) in [5, 5.41) is 0. The van der Waals surface area contributed by atoms with Crippen molar-refractivity contribution >= 4 is 17.8 Å². The fraction of sp³-hybridized carbons (Fsp3) is 0.154. The van der Waals surface area contributed by atoms with E-state index in [0.29, 0.717) is 0 Å². The van der Waals surface area contributed by atoms with Gasteiger partial charge in [-0.1, -0.05) is 18.2 Å². The first-order chi connectivity index (χ1) is 7.75. The van der Waals surface area contributed by atoms with Gasteiger partial charge in [-0.05, 0) is 23.8 Å². The lowest BCUT2D eigenvalue weighted by Crippen LogP contribution is -2.07. The number of rotatable bonds is 3. The van der Waals surface area contributed by atoms with E-state index in [-0.39, 0.29) is 0 Å². The van der Waals surface area contributed by atoms with Crippen LogP contribution < -0.4 is 4.90 Å². The fourth-order valence-corrected chi connectivity index (χ4v) is 1.37. The molecule has 0 aliphatic carbocycles. The molecule has 3 heteroatoms. The van der Waals surface area contributed by atoms with Crippen molar-refractivity contribution in [2.75, 3.05) is 19.0 Å². The van der Waals surface area contributed by atoms with Crippen molar-refractivity contribution in [1.29, 1.82) is 0 Å². The summed E-state index contributed by atoms with van der Waals surface area (Å²) in [6.07, 6.45) is 7.01. The van der Waals surface area contributed by atoms with Crippen LogP contribution in [0, 0.1) is 0 Å². The molecule has 2 aromatic rings. The van der Waals surface area contributed by atoms with Crippen LogP contribution in [-0.2, 0) is 0 Å². The normalized spacial score (nSPS) is 10.9. The molecule has 0 aliphatic heterocycles. The summed E-state index contributed by atoms with van der Waals surface area (Å²) in [6, 6.07) is 8.31. The molecule has 0 N–H and O–H groups in total. The van der Waals surface area contributed by atoms with Gasteiger partial charge < -0.3 is 9.32 Å². The second-order valence-corrected chi connectivity index (χ2v) is 3.72. The lowest BCUT2D eigenvalue weighted by Gasteiger charge is -2.11. The predicted molar refractivity (Wildman–Crippen MR) is 66.2 cm³/mol. The maximum atomic E-state index is 5.11. The Hall–Kier alpha value is -2.03. The quantitative estimate of drug-likeness (QED) is 0.786. The van der Waals surface area contributed by atoms with Gasteiger partial charge in [0.05, 0.1) is 6.20 Å². The van der Waals surface area contributed by atoms with E-state index in [4.69, 9.17) is 4.42 Å². The molecule has 0 amide bonds. The van der Waals surface area contributed by atoms with Crippen LogP contribution in [-0.4, -0.2) is 19.1 Å². The molecule has 0 aliphatic rings. The SMILES string of the molecule is CN(C)c1ccc(/C=C/c2cnco2)cc1. The smallest absolute Gasteiger partial charge is 0.181 e. The highest BCUT2D eigenvalue weighted by atomic mass is 16.3. The van der Waals surface area contributed by atoms with Crippen LogP contribution in [0.1, 0.15) is 11.3 Å². The van der Waals surface area contributed by atoms with Crippen molar-refractivity contribution in [3.63, 3.8) is 0 Å². The van der Waals surface area contributed by atoms with E-state index in [1.165, 1.54) is 12.1 Å². The molecule has 0 fully saturated rings. The number of hydrogen-bond donors (Lipinski definition) is 0. The zero-order valence-electron chi connectivity index (χ0n) is 9.42. The van der Waals surface area contributed by atoms with Gasteiger partial charge in [-0.2, -0.15) is 0 Å². The molecular formula is C13H14N2O. The summed E-state index contributed by atoms with van der Waals surface area (Å²) in [4.78, 5) is 5.92. The molecular weight excluding hydrogens is 200 g/mol. The minimum atomic E-state index is 0.761. The maximum Gasteiger partial charge on any atom is 0.181 e. The van der Waals surface area contributed by atoms with E-state index in [9.17, 15) is 0 Å². The zero-order chi connectivity index (χ0) is 11.4. The molecule has 1 aromatic heterocycles. The number of benzene rings is 1. The van der Waals surface area contributed by atoms with Gasteiger partial charge in [-0.15, -0.1) is 0 Å². The predicted octanol–water partition coefficient (Wildman–Crippen LogP) is 2.91. The molecule has 2 rings (SSSR count). The van der Waals surface area contributed by atoms with E-state index in [0.717, 1.165) is 11.3 Å². The monoisotopic (exact) mass is 214 g/mol. The lowest BCUT2D eigenvalue weighted by atomic mass is 10.2. The number of anilines is 1. The van der Waals surface area contributed by atoms with E-state index < -0.39 is 0 Å². The van der Waals surface area contributed by atoms with E-state index in [2.05, 4.69) is 34.1 Å². The first kappa shape index (κ1) is 10.5. The molecule has 0 unspecified atom stereocenters. The van der Waals surface area contributed by atoms with Gasteiger partial charge in [0.15, 0.2) is 6.39 Å². The summed E-state index contributed by atoms with van der Waals surface area (Å²) in [6.45, 7) is 0. The van der Waals surface area contributed by atoms with E-state index in [1.54, 1.807) is 6.20 Å². The van der Waals surface area contributed by atoms with Crippen LogP contribution in [0.2, 0.25) is 0 Å². The summed E-state index contributed by atoms with van der Waals surface area (Å²) < 4.78 is 5.11. The summed E-state index contributed by atoms with van der Waals surface area (Å²) >= 11 is 0. The molecule has 1 heterocycles. The molecule has 0 atom stereocenters. The van der Waals surface area contributed by atoms with Gasteiger partial charge in [0.1, 0.15) is 5.76 Å². The largest absolute Gasteiger partial charge is 0.444 e. The molecule has 82 valence electrons. The number of nitrogens with zero attached hydrogens (tertiary/aromatic N) is 2. The fourth-order valence-electron chi connectivity index (χ4n) is 1.37. The van der Waals surface area contributed by atoms with Crippen molar-refractivity contribution < 1.29 is 4.42 Å². The van der Waals surface area contributed by atoms with Gasteiger partial charge in [0, 0.05) is 19.8 Å². The maximum absolute atomic E-state index is 5.11. The minimum absolute atomic E-state index is 0.761. The average molecular weight is 214 g/mol. The topological polar surface area (TPSA) is 29.3 Å². The number of hydrogen-bond acceptors (Lipinski definition) is 3. The Morgan fingerprint density at radius 3 is 2.44 bits per heavy atom. The van der Waals surface area contributed by atoms with Gasteiger partial charge >= 0.3 is 0 Å². The van der Waals surface area contributed by atoms with Gasteiger partial charge in [0.25, 0.3) is 0 Å². The Balaban J connectivity index is 2.11. The second-order valence-electron chi connectivity index (χ2n) is 3.72. The Kier molecular flexibility index (Phi) is 3.05. The molecule has 1 aromatic carbocycles. The van der Waals surface area contributed by atoms with Crippen LogP contribution in [0.3, 0.4) is 0 Å². The van der Waals surface area contributed by atoms with E-state index in [1.807, 2.05) is 26.2 Å². The summed E-state index contributed by atoms with van der Waals surface area (Å²) in [5.41, 5.74) is 2.33. The molecule has 0 spiro atoms. The van der Waals surface area contributed by atoms with Crippen molar-refractivity contribution in [3.8, 4) is 0 Å². The molecule has 0 radical (unpaired) electrons. The number of oxazole rings is 1. The summed E-state index contributed by atoms with van der Waals surface area (Å²) in [5.74, 6) is 0.761. The van der Waals surface area contributed by atoms with Crippen molar-refractivity contribution in [3.05, 3.63) is 48.2 Å². The highest BCUT2D eigenvalue weighted by Crippen LogP contribution is 2.14. The van der Waals surface area contributed by atoms with Crippen LogP contribution in [0.25, 0.3) is 12.2 Å². The Morgan fingerprint density at radius 2 is 1.88 bits per heavy atom. The third-order valence-corrected chi connectivity index (χ3v) is 2.30. The van der Waals surface area contributed by atoms with Crippen molar-refractivity contribution in [2.24, 2.45) is 0 Å². The standard InChI is InChI=1S/C13H14N2O/c1-15(2)12-6-3-11(4-7-12)5-8-13-9-14-10-16-13/h3-10H,1-2H3/b8-5+. The third-order valence-electron chi connectivity index (χ3n) is 2.30. The Morgan fingerprint density at radius 1 is 1.12 bits per heavy atom. The van der Waals surface area contributed by atoms with Crippen LogP contribution in [0.4, 0.5) is 5.69 Å². The van der Waals surface area contributed by atoms with Gasteiger partial charge in [0.2, 0.25) is 0 Å². The summed E-state index contributed by atoms with van der Waals surface area (Å²) in [7, 11) is 4.05. The minimum Gasteiger partial charge on any atom is -0.444 e. The zero-order valence-corrected chi connectivity index (χ0v) is 9.42.